The van der Waals surface area contributed by atoms with Gasteiger partial charge in [-0.3, -0.25) is 9.69 Å². The van der Waals surface area contributed by atoms with E-state index in [2.05, 4.69) is 37.2 Å². The number of benzene rings is 2. The SMILES string of the molecule is CN(CC(=O)Nc1ccccc1Br)Cc1ccc(Br)cc1. The first-order valence-electron chi connectivity index (χ1n) is 6.52. The highest BCUT2D eigenvalue weighted by atomic mass is 79.9. The molecule has 0 fully saturated rings. The van der Waals surface area contributed by atoms with Crippen LogP contribution in [0.3, 0.4) is 0 Å². The van der Waals surface area contributed by atoms with E-state index in [-0.39, 0.29) is 5.91 Å². The number of rotatable bonds is 5. The van der Waals surface area contributed by atoms with Crippen LogP contribution in [0.4, 0.5) is 5.69 Å². The predicted octanol–water partition coefficient (Wildman–Crippen LogP) is 4.28. The van der Waals surface area contributed by atoms with Gasteiger partial charge in [0.1, 0.15) is 0 Å². The Bertz CT molecular complexity index is 614. The summed E-state index contributed by atoms with van der Waals surface area (Å²) >= 11 is 6.83. The minimum Gasteiger partial charge on any atom is -0.324 e. The number of hydrogen-bond donors (Lipinski definition) is 1. The van der Waals surface area contributed by atoms with Crippen molar-refractivity contribution >= 4 is 43.5 Å². The molecule has 2 aromatic carbocycles. The van der Waals surface area contributed by atoms with Crippen LogP contribution in [0.5, 0.6) is 0 Å². The molecule has 1 N–H and O–H groups in total. The highest BCUT2D eigenvalue weighted by Gasteiger charge is 2.09. The standard InChI is InChI=1S/C16H16Br2N2O/c1-20(10-12-6-8-13(17)9-7-12)11-16(21)19-15-5-3-2-4-14(15)18/h2-9H,10-11H2,1H3,(H,19,21). The third-order valence-corrected chi connectivity index (χ3v) is 4.15. The van der Waals surface area contributed by atoms with Crippen molar-refractivity contribution in [3.8, 4) is 0 Å². The van der Waals surface area contributed by atoms with E-state index in [9.17, 15) is 4.79 Å². The second-order valence-electron chi connectivity index (χ2n) is 4.83. The van der Waals surface area contributed by atoms with Crippen LogP contribution in [0.1, 0.15) is 5.56 Å². The van der Waals surface area contributed by atoms with Gasteiger partial charge in [-0.2, -0.15) is 0 Å². The summed E-state index contributed by atoms with van der Waals surface area (Å²) in [4.78, 5) is 14.0. The molecule has 0 saturated carbocycles. The molecule has 1 amide bonds. The summed E-state index contributed by atoms with van der Waals surface area (Å²) in [6.45, 7) is 1.08. The number of likely N-dealkylation sites (N-methyl/N-ethyl adjacent to an activating group) is 1. The zero-order valence-corrected chi connectivity index (χ0v) is 14.8. The number of carbonyl (C=O) groups is 1. The molecular weight excluding hydrogens is 396 g/mol. The van der Waals surface area contributed by atoms with E-state index in [1.165, 1.54) is 5.56 Å². The van der Waals surface area contributed by atoms with Crippen LogP contribution in [0, 0.1) is 0 Å². The molecule has 21 heavy (non-hydrogen) atoms. The third-order valence-electron chi connectivity index (χ3n) is 2.93. The van der Waals surface area contributed by atoms with Crippen molar-refractivity contribution in [1.29, 1.82) is 0 Å². The quantitative estimate of drug-likeness (QED) is 0.796. The Morgan fingerprint density at radius 2 is 1.76 bits per heavy atom. The van der Waals surface area contributed by atoms with Gasteiger partial charge in [-0.1, -0.05) is 40.2 Å². The van der Waals surface area contributed by atoms with Crippen LogP contribution < -0.4 is 5.32 Å². The van der Waals surface area contributed by atoms with Crippen LogP contribution in [0.25, 0.3) is 0 Å². The molecule has 3 nitrogen and oxygen atoms in total. The Balaban J connectivity index is 1.87. The molecule has 0 spiro atoms. The monoisotopic (exact) mass is 410 g/mol. The molecule has 0 bridgehead atoms. The van der Waals surface area contributed by atoms with Gasteiger partial charge in [0.15, 0.2) is 0 Å². The number of nitrogens with one attached hydrogen (secondary N) is 1. The van der Waals surface area contributed by atoms with E-state index in [0.29, 0.717) is 6.54 Å². The molecule has 0 radical (unpaired) electrons. The summed E-state index contributed by atoms with van der Waals surface area (Å²) in [6.07, 6.45) is 0. The number of anilines is 1. The van der Waals surface area contributed by atoms with E-state index >= 15 is 0 Å². The van der Waals surface area contributed by atoms with Crippen LogP contribution in [0.15, 0.2) is 57.5 Å². The molecule has 2 rings (SSSR count). The molecule has 0 unspecified atom stereocenters. The summed E-state index contributed by atoms with van der Waals surface area (Å²) in [7, 11) is 1.93. The molecule has 0 saturated heterocycles. The number of para-hydroxylation sites is 1. The Morgan fingerprint density at radius 3 is 2.43 bits per heavy atom. The normalized spacial score (nSPS) is 10.7. The van der Waals surface area contributed by atoms with Gasteiger partial charge in [-0.15, -0.1) is 0 Å². The Kier molecular flexibility index (Phi) is 5.96. The molecule has 0 aliphatic heterocycles. The van der Waals surface area contributed by atoms with Crippen molar-refractivity contribution in [2.24, 2.45) is 0 Å². The highest BCUT2D eigenvalue weighted by molar-refractivity contribution is 9.10. The van der Waals surface area contributed by atoms with Gasteiger partial charge in [-0.25, -0.2) is 0 Å². The molecule has 2 aromatic rings. The van der Waals surface area contributed by atoms with E-state index in [1.54, 1.807) is 0 Å². The topological polar surface area (TPSA) is 32.3 Å². The molecule has 0 aromatic heterocycles. The lowest BCUT2D eigenvalue weighted by molar-refractivity contribution is -0.117. The van der Waals surface area contributed by atoms with Crippen molar-refractivity contribution in [2.75, 3.05) is 18.9 Å². The lowest BCUT2D eigenvalue weighted by Crippen LogP contribution is -2.29. The molecule has 0 atom stereocenters. The van der Waals surface area contributed by atoms with Gasteiger partial charge in [0, 0.05) is 15.5 Å². The first-order chi connectivity index (χ1) is 10.0. The van der Waals surface area contributed by atoms with Gasteiger partial charge >= 0.3 is 0 Å². The summed E-state index contributed by atoms with van der Waals surface area (Å²) in [6, 6.07) is 15.7. The van der Waals surface area contributed by atoms with E-state index in [0.717, 1.165) is 21.2 Å². The van der Waals surface area contributed by atoms with Crippen molar-refractivity contribution in [3.05, 3.63) is 63.0 Å². The maximum absolute atomic E-state index is 12.0. The number of nitrogens with zero attached hydrogens (tertiary/aromatic N) is 1. The zero-order valence-electron chi connectivity index (χ0n) is 11.6. The van der Waals surface area contributed by atoms with Crippen LogP contribution >= 0.6 is 31.9 Å². The van der Waals surface area contributed by atoms with Gasteiger partial charge in [0.05, 0.1) is 12.2 Å². The zero-order chi connectivity index (χ0) is 15.2. The van der Waals surface area contributed by atoms with Crippen LogP contribution in [-0.2, 0) is 11.3 Å². The third kappa shape index (κ3) is 5.26. The van der Waals surface area contributed by atoms with E-state index < -0.39 is 0 Å². The molecular formula is C16H16Br2N2O. The van der Waals surface area contributed by atoms with Gasteiger partial charge in [0.2, 0.25) is 5.91 Å². The van der Waals surface area contributed by atoms with Crippen LogP contribution in [-0.4, -0.2) is 24.4 Å². The van der Waals surface area contributed by atoms with Gasteiger partial charge < -0.3 is 5.32 Å². The largest absolute Gasteiger partial charge is 0.324 e. The molecule has 0 aliphatic carbocycles. The molecule has 0 heterocycles. The number of carbonyl (C=O) groups excluding carboxylic acids is 1. The smallest absolute Gasteiger partial charge is 0.238 e. The van der Waals surface area contributed by atoms with Crippen molar-refractivity contribution in [2.45, 2.75) is 6.54 Å². The molecule has 5 heteroatoms. The van der Waals surface area contributed by atoms with Gasteiger partial charge in [0.25, 0.3) is 0 Å². The van der Waals surface area contributed by atoms with Gasteiger partial charge in [-0.05, 0) is 52.8 Å². The Morgan fingerprint density at radius 1 is 1.10 bits per heavy atom. The van der Waals surface area contributed by atoms with E-state index in [1.807, 2.05) is 60.5 Å². The van der Waals surface area contributed by atoms with Crippen molar-refractivity contribution in [1.82, 2.24) is 4.90 Å². The first kappa shape index (κ1) is 16.2. The van der Waals surface area contributed by atoms with Crippen LogP contribution in [0.2, 0.25) is 0 Å². The lowest BCUT2D eigenvalue weighted by Gasteiger charge is -2.16. The number of halogens is 2. The first-order valence-corrected chi connectivity index (χ1v) is 8.10. The number of amides is 1. The summed E-state index contributed by atoms with van der Waals surface area (Å²) < 4.78 is 1.94. The second kappa shape index (κ2) is 7.73. The summed E-state index contributed by atoms with van der Waals surface area (Å²) in [5, 5.41) is 2.90. The summed E-state index contributed by atoms with van der Waals surface area (Å²) in [5.41, 5.74) is 1.97. The Hall–Kier alpha value is -1.17. The lowest BCUT2D eigenvalue weighted by atomic mass is 10.2. The predicted molar refractivity (Wildman–Crippen MR) is 93.2 cm³/mol. The minimum atomic E-state index is -0.0264. The van der Waals surface area contributed by atoms with Crippen molar-refractivity contribution in [3.63, 3.8) is 0 Å². The average molecular weight is 412 g/mol. The molecule has 110 valence electrons. The highest BCUT2D eigenvalue weighted by Crippen LogP contribution is 2.21. The fourth-order valence-electron chi connectivity index (χ4n) is 1.95. The molecule has 0 aliphatic rings. The summed E-state index contributed by atoms with van der Waals surface area (Å²) in [5.74, 6) is -0.0264. The van der Waals surface area contributed by atoms with Crippen molar-refractivity contribution < 1.29 is 4.79 Å². The maximum Gasteiger partial charge on any atom is 0.238 e. The second-order valence-corrected chi connectivity index (χ2v) is 6.60. The van der Waals surface area contributed by atoms with E-state index in [4.69, 9.17) is 0 Å². The number of hydrogen-bond acceptors (Lipinski definition) is 2. The fraction of sp³-hybridized carbons (Fsp3) is 0.188. The Labute approximate surface area is 141 Å². The fourth-order valence-corrected chi connectivity index (χ4v) is 2.60. The minimum absolute atomic E-state index is 0.0264. The average Bonchev–Trinajstić information content (AvgIpc) is 2.44. The maximum atomic E-state index is 12.0.